The topological polar surface area (TPSA) is 15.3 Å². The predicted octanol–water partition coefficient (Wildman–Crippen LogP) is 3.32. The van der Waals surface area contributed by atoms with Crippen molar-refractivity contribution in [3.8, 4) is 0 Å². The van der Waals surface area contributed by atoms with E-state index in [1.54, 1.807) is 0 Å². The fourth-order valence-corrected chi connectivity index (χ4v) is 3.34. The number of likely N-dealkylation sites (tertiary alicyclic amines) is 1. The Morgan fingerprint density at radius 2 is 2.11 bits per heavy atom. The summed E-state index contributed by atoms with van der Waals surface area (Å²) in [6, 6.07) is 8.80. The zero-order valence-corrected chi connectivity index (χ0v) is 11.4. The van der Waals surface area contributed by atoms with E-state index in [0.29, 0.717) is 5.92 Å². The predicted molar refractivity (Wildman–Crippen MR) is 77.1 cm³/mol. The average Bonchev–Trinajstić information content (AvgIpc) is 2.67. The molecule has 2 atom stereocenters. The van der Waals surface area contributed by atoms with E-state index < -0.39 is 0 Å². The number of rotatable bonds is 2. The maximum Gasteiger partial charge on any atom is 0.0376 e. The number of nitrogens with one attached hydrogen (secondary N) is 1. The van der Waals surface area contributed by atoms with Gasteiger partial charge in [0.2, 0.25) is 0 Å². The number of fused-ring (bicyclic) bond motifs is 1. The highest BCUT2D eigenvalue weighted by molar-refractivity contribution is 5.57. The Labute approximate surface area is 110 Å². The quantitative estimate of drug-likeness (QED) is 0.858. The van der Waals surface area contributed by atoms with Crippen LogP contribution in [0.3, 0.4) is 0 Å². The minimum absolute atomic E-state index is 0.689. The third-order valence-corrected chi connectivity index (χ3v) is 4.53. The largest absolute Gasteiger partial charge is 0.384 e. The summed E-state index contributed by atoms with van der Waals surface area (Å²) in [7, 11) is 0. The molecule has 2 heterocycles. The molecule has 0 amide bonds. The first-order valence-corrected chi connectivity index (χ1v) is 7.38. The lowest BCUT2D eigenvalue weighted by molar-refractivity contribution is 0.268. The molecule has 3 rings (SSSR count). The third kappa shape index (κ3) is 2.54. The van der Waals surface area contributed by atoms with Crippen LogP contribution in [0.4, 0.5) is 5.69 Å². The number of benzene rings is 1. The van der Waals surface area contributed by atoms with Crippen molar-refractivity contribution in [3.05, 3.63) is 29.8 Å². The molecule has 2 unspecified atom stereocenters. The number of nitrogens with zero attached hydrogens (tertiary/aromatic N) is 1. The van der Waals surface area contributed by atoms with E-state index in [0.717, 1.165) is 12.5 Å². The molecule has 2 aliphatic heterocycles. The SMILES string of the molecule is CC1CCCN(CC2CNc3ccccc32)CC1. The van der Waals surface area contributed by atoms with Crippen molar-refractivity contribution in [1.29, 1.82) is 0 Å². The second-order valence-corrected chi connectivity index (χ2v) is 6.00. The van der Waals surface area contributed by atoms with E-state index in [-0.39, 0.29) is 0 Å². The highest BCUT2D eigenvalue weighted by Gasteiger charge is 2.24. The summed E-state index contributed by atoms with van der Waals surface area (Å²) >= 11 is 0. The van der Waals surface area contributed by atoms with E-state index in [4.69, 9.17) is 0 Å². The second-order valence-electron chi connectivity index (χ2n) is 6.00. The molecule has 1 N–H and O–H groups in total. The molecule has 0 radical (unpaired) electrons. The first kappa shape index (κ1) is 12.0. The normalized spacial score (nSPS) is 28.5. The van der Waals surface area contributed by atoms with Crippen LogP contribution in [0.2, 0.25) is 0 Å². The van der Waals surface area contributed by atoms with E-state index in [9.17, 15) is 0 Å². The number of hydrogen-bond donors (Lipinski definition) is 1. The molecule has 0 spiro atoms. The first-order valence-electron chi connectivity index (χ1n) is 7.38. The molecular formula is C16H24N2. The molecule has 2 nitrogen and oxygen atoms in total. The molecule has 1 saturated heterocycles. The van der Waals surface area contributed by atoms with Crippen molar-refractivity contribution in [2.24, 2.45) is 5.92 Å². The van der Waals surface area contributed by atoms with Crippen molar-refractivity contribution < 1.29 is 0 Å². The van der Waals surface area contributed by atoms with Crippen LogP contribution in [0.1, 0.15) is 37.7 Å². The van der Waals surface area contributed by atoms with Crippen molar-refractivity contribution in [3.63, 3.8) is 0 Å². The summed E-state index contributed by atoms with van der Waals surface area (Å²) in [6.45, 7) is 7.33. The average molecular weight is 244 g/mol. The van der Waals surface area contributed by atoms with Gasteiger partial charge in [-0.3, -0.25) is 0 Å². The second kappa shape index (κ2) is 5.31. The van der Waals surface area contributed by atoms with Gasteiger partial charge in [0, 0.05) is 24.7 Å². The van der Waals surface area contributed by atoms with E-state index in [1.807, 2.05) is 0 Å². The van der Waals surface area contributed by atoms with Gasteiger partial charge in [-0.25, -0.2) is 0 Å². The lowest BCUT2D eigenvalue weighted by Gasteiger charge is -2.23. The van der Waals surface area contributed by atoms with Crippen molar-refractivity contribution in [1.82, 2.24) is 4.90 Å². The molecule has 1 aromatic rings. The van der Waals surface area contributed by atoms with Gasteiger partial charge < -0.3 is 10.2 Å². The van der Waals surface area contributed by atoms with Gasteiger partial charge in [0.25, 0.3) is 0 Å². The van der Waals surface area contributed by atoms with Crippen LogP contribution in [0.15, 0.2) is 24.3 Å². The lowest BCUT2D eigenvalue weighted by Crippen LogP contribution is -2.30. The Kier molecular flexibility index (Phi) is 3.55. The Balaban J connectivity index is 1.64. The van der Waals surface area contributed by atoms with Crippen LogP contribution in [0.5, 0.6) is 0 Å². The van der Waals surface area contributed by atoms with Crippen molar-refractivity contribution in [2.45, 2.75) is 32.1 Å². The fourth-order valence-electron chi connectivity index (χ4n) is 3.34. The smallest absolute Gasteiger partial charge is 0.0376 e. The minimum Gasteiger partial charge on any atom is -0.384 e. The minimum atomic E-state index is 0.689. The number of para-hydroxylation sites is 1. The molecule has 0 aromatic heterocycles. The van der Waals surface area contributed by atoms with E-state index in [2.05, 4.69) is 41.4 Å². The standard InChI is InChI=1S/C16H24N2/c1-13-5-4-9-18(10-8-13)12-14-11-17-16-7-3-2-6-15(14)16/h2-3,6-7,13-14,17H,4-5,8-12H2,1H3. The summed E-state index contributed by atoms with van der Waals surface area (Å²) in [4.78, 5) is 2.68. The van der Waals surface area contributed by atoms with Gasteiger partial charge in [-0.05, 0) is 49.9 Å². The van der Waals surface area contributed by atoms with E-state index in [1.165, 1.54) is 50.1 Å². The van der Waals surface area contributed by atoms with Crippen LogP contribution in [-0.2, 0) is 0 Å². The van der Waals surface area contributed by atoms with Crippen LogP contribution in [0.25, 0.3) is 0 Å². The molecule has 18 heavy (non-hydrogen) atoms. The molecular weight excluding hydrogens is 220 g/mol. The van der Waals surface area contributed by atoms with Gasteiger partial charge in [-0.1, -0.05) is 25.1 Å². The lowest BCUT2D eigenvalue weighted by atomic mass is 10.0. The Bertz CT molecular complexity index is 402. The maximum atomic E-state index is 3.54. The molecule has 98 valence electrons. The summed E-state index contributed by atoms with van der Waals surface area (Å²) in [5.41, 5.74) is 2.88. The van der Waals surface area contributed by atoms with Gasteiger partial charge in [0.1, 0.15) is 0 Å². The highest BCUT2D eigenvalue weighted by atomic mass is 15.1. The van der Waals surface area contributed by atoms with Gasteiger partial charge in [0.15, 0.2) is 0 Å². The van der Waals surface area contributed by atoms with Crippen LogP contribution >= 0.6 is 0 Å². The molecule has 1 aromatic carbocycles. The summed E-state index contributed by atoms with van der Waals surface area (Å²) < 4.78 is 0. The molecule has 2 aliphatic rings. The summed E-state index contributed by atoms with van der Waals surface area (Å²) in [5, 5.41) is 3.54. The highest BCUT2D eigenvalue weighted by Crippen LogP contribution is 2.32. The summed E-state index contributed by atoms with van der Waals surface area (Å²) in [6.07, 6.45) is 4.17. The monoisotopic (exact) mass is 244 g/mol. The third-order valence-electron chi connectivity index (χ3n) is 4.53. The van der Waals surface area contributed by atoms with Crippen molar-refractivity contribution >= 4 is 5.69 Å². The maximum absolute atomic E-state index is 3.54. The zero-order chi connectivity index (χ0) is 12.4. The van der Waals surface area contributed by atoms with Crippen LogP contribution in [-0.4, -0.2) is 31.1 Å². The van der Waals surface area contributed by atoms with Gasteiger partial charge in [-0.2, -0.15) is 0 Å². The molecule has 0 aliphatic carbocycles. The Hall–Kier alpha value is -1.02. The van der Waals surface area contributed by atoms with Crippen molar-refractivity contribution in [2.75, 3.05) is 31.5 Å². The van der Waals surface area contributed by atoms with Crippen LogP contribution < -0.4 is 5.32 Å². The zero-order valence-electron chi connectivity index (χ0n) is 11.4. The van der Waals surface area contributed by atoms with E-state index >= 15 is 0 Å². The van der Waals surface area contributed by atoms with Gasteiger partial charge in [-0.15, -0.1) is 0 Å². The molecule has 1 fully saturated rings. The number of anilines is 1. The fraction of sp³-hybridized carbons (Fsp3) is 0.625. The van der Waals surface area contributed by atoms with Gasteiger partial charge >= 0.3 is 0 Å². The first-order chi connectivity index (χ1) is 8.83. The summed E-state index contributed by atoms with van der Waals surface area (Å²) in [5.74, 6) is 1.61. The molecule has 0 bridgehead atoms. The van der Waals surface area contributed by atoms with Gasteiger partial charge in [0.05, 0.1) is 0 Å². The molecule has 0 saturated carbocycles. The Morgan fingerprint density at radius 1 is 1.22 bits per heavy atom. The van der Waals surface area contributed by atoms with Crippen LogP contribution in [0, 0.1) is 5.92 Å². The molecule has 2 heteroatoms. The Morgan fingerprint density at radius 3 is 3.06 bits per heavy atom. The number of hydrogen-bond acceptors (Lipinski definition) is 2.